The lowest BCUT2D eigenvalue weighted by atomic mass is 10.3. The first-order valence-electron chi connectivity index (χ1n) is 5.93. The number of anilines is 1. The van der Waals surface area contributed by atoms with E-state index in [0.717, 1.165) is 52.2 Å². The predicted octanol–water partition coefficient (Wildman–Crippen LogP) is 0.578. The molecule has 16 heavy (non-hydrogen) atoms. The summed E-state index contributed by atoms with van der Waals surface area (Å²) < 4.78 is 7.32. The molecule has 0 amide bonds. The lowest BCUT2D eigenvalue weighted by molar-refractivity contribution is 0.141. The Bertz CT molecular complexity index is 305. The fourth-order valence-electron chi connectivity index (χ4n) is 1.98. The molecule has 0 radical (unpaired) electrons. The number of aromatic nitrogens is 2. The number of nitrogens with two attached hydrogens (primary N) is 1. The summed E-state index contributed by atoms with van der Waals surface area (Å²) in [4.78, 5) is 2.46. The molecule has 0 aromatic carbocycles. The van der Waals surface area contributed by atoms with Crippen LogP contribution in [0.15, 0.2) is 12.3 Å². The van der Waals surface area contributed by atoms with Crippen LogP contribution in [0.2, 0.25) is 0 Å². The third-order valence-electron chi connectivity index (χ3n) is 2.84. The van der Waals surface area contributed by atoms with Gasteiger partial charge in [0.15, 0.2) is 0 Å². The topological polar surface area (TPSA) is 56.3 Å². The Hall–Kier alpha value is -1.07. The van der Waals surface area contributed by atoms with Crippen molar-refractivity contribution in [2.24, 2.45) is 0 Å². The molecule has 0 atom stereocenters. The van der Waals surface area contributed by atoms with Crippen molar-refractivity contribution in [3.63, 3.8) is 0 Å². The summed E-state index contributed by atoms with van der Waals surface area (Å²) in [6.07, 6.45) is 4.19. The number of rotatable bonds is 4. The molecule has 1 aromatic rings. The van der Waals surface area contributed by atoms with Crippen molar-refractivity contribution >= 4 is 5.82 Å². The highest BCUT2D eigenvalue weighted by atomic mass is 16.5. The van der Waals surface area contributed by atoms with E-state index in [4.69, 9.17) is 10.5 Å². The monoisotopic (exact) mass is 224 g/mol. The van der Waals surface area contributed by atoms with Crippen LogP contribution in [0.25, 0.3) is 0 Å². The minimum absolute atomic E-state index is 0.600. The number of hydrogen-bond acceptors (Lipinski definition) is 4. The molecule has 2 N–H and O–H groups in total. The molecule has 1 aromatic heterocycles. The van der Waals surface area contributed by atoms with E-state index in [9.17, 15) is 0 Å². The van der Waals surface area contributed by atoms with Crippen LogP contribution in [-0.2, 0) is 11.3 Å². The predicted molar refractivity (Wildman–Crippen MR) is 63.1 cm³/mol. The molecule has 0 unspecified atom stereocenters. The smallest absolute Gasteiger partial charge is 0.145 e. The van der Waals surface area contributed by atoms with Gasteiger partial charge in [0.05, 0.1) is 6.61 Å². The number of hydrogen-bond donors (Lipinski definition) is 1. The second-order valence-electron chi connectivity index (χ2n) is 4.16. The van der Waals surface area contributed by atoms with Crippen LogP contribution in [-0.4, -0.2) is 47.5 Å². The fourth-order valence-corrected chi connectivity index (χ4v) is 1.98. The molecule has 5 heteroatoms. The van der Waals surface area contributed by atoms with E-state index in [0.29, 0.717) is 5.82 Å². The Morgan fingerprint density at radius 1 is 1.31 bits per heavy atom. The van der Waals surface area contributed by atoms with Crippen molar-refractivity contribution in [3.8, 4) is 0 Å². The van der Waals surface area contributed by atoms with Crippen LogP contribution in [0.3, 0.4) is 0 Å². The van der Waals surface area contributed by atoms with Gasteiger partial charge in [-0.15, -0.1) is 0 Å². The second-order valence-corrected chi connectivity index (χ2v) is 4.16. The van der Waals surface area contributed by atoms with Crippen LogP contribution < -0.4 is 5.73 Å². The van der Waals surface area contributed by atoms with Gasteiger partial charge in [-0.05, 0) is 25.5 Å². The molecule has 2 heterocycles. The molecule has 1 saturated heterocycles. The summed E-state index contributed by atoms with van der Waals surface area (Å²) in [7, 11) is 0. The van der Waals surface area contributed by atoms with Gasteiger partial charge >= 0.3 is 0 Å². The van der Waals surface area contributed by atoms with E-state index < -0.39 is 0 Å². The number of nitrogens with zero attached hydrogens (tertiary/aromatic N) is 3. The van der Waals surface area contributed by atoms with Gasteiger partial charge in [0.25, 0.3) is 0 Å². The molecular formula is C11H20N4O. The van der Waals surface area contributed by atoms with Crippen LogP contribution in [0.5, 0.6) is 0 Å². The van der Waals surface area contributed by atoms with Gasteiger partial charge in [-0.3, -0.25) is 4.68 Å². The van der Waals surface area contributed by atoms with Gasteiger partial charge in [-0.1, -0.05) is 0 Å². The Labute approximate surface area is 96.2 Å². The fraction of sp³-hybridized carbons (Fsp3) is 0.727. The zero-order chi connectivity index (χ0) is 11.2. The maximum Gasteiger partial charge on any atom is 0.145 e. The van der Waals surface area contributed by atoms with Crippen LogP contribution in [0.1, 0.15) is 12.8 Å². The van der Waals surface area contributed by atoms with Gasteiger partial charge in [-0.25, -0.2) is 0 Å². The molecule has 90 valence electrons. The van der Waals surface area contributed by atoms with Crippen molar-refractivity contribution in [2.45, 2.75) is 19.4 Å². The molecular weight excluding hydrogens is 204 g/mol. The van der Waals surface area contributed by atoms with E-state index in [1.165, 1.54) is 0 Å². The third-order valence-corrected chi connectivity index (χ3v) is 2.84. The van der Waals surface area contributed by atoms with Crippen molar-refractivity contribution in [2.75, 3.05) is 38.6 Å². The average molecular weight is 224 g/mol. The SMILES string of the molecule is Nc1ccn(CCCN2CCCOCC2)n1. The molecule has 0 spiro atoms. The normalized spacial score (nSPS) is 18.5. The van der Waals surface area contributed by atoms with Gasteiger partial charge < -0.3 is 15.4 Å². The number of aryl methyl sites for hydroxylation is 1. The molecule has 0 bridgehead atoms. The van der Waals surface area contributed by atoms with Gasteiger partial charge in [0.2, 0.25) is 0 Å². The summed E-state index contributed by atoms with van der Waals surface area (Å²) in [6.45, 7) is 6.04. The molecule has 2 rings (SSSR count). The lowest BCUT2D eigenvalue weighted by Gasteiger charge is -2.18. The summed E-state index contributed by atoms with van der Waals surface area (Å²) in [5, 5.41) is 4.16. The maximum absolute atomic E-state index is 5.55. The minimum Gasteiger partial charge on any atom is -0.382 e. The van der Waals surface area contributed by atoms with E-state index in [1.54, 1.807) is 0 Å². The van der Waals surface area contributed by atoms with Crippen LogP contribution in [0.4, 0.5) is 5.82 Å². The molecule has 5 nitrogen and oxygen atoms in total. The Balaban J connectivity index is 1.67. The standard InChI is InChI=1S/C11H20N4O/c12-11-3-7-15(13-11)6-1-4-14-5-2-9-16-10-8-14/h3,7H,1-2,4-6,8-10H2,(H2,12,13). The van der Waals surface area contributed by atoms with Crippen molar-refractivity contribution in [3.05, 3.63) is 12.3 Å². The zero-order valence-corrected chi connectivity index (χ0v) is 9.64. The first kappa shape index (κ1) is 11.4. The van der Waals surface area contributed by atoms with E-state index in [1.807, 2.05) is 16.9 Å². The molecule has 0 saturated carbocycles. The number of nitrogen functional groups attached to an aromatic ring is 1. The Kier molecular flexibility index (Phi) is 4.18. The maximum atomic E-state index is 5.55. The van der Waals surface area contributed by atoms with E-state index >= 15 is 0 Å². The van der Waals surface area contributed by atoms with Crippen LogP contribution in [0, 0.1) is 0 Å². The third kappa shape index (κ3) is 3.50. The lowest BCUT2D eigenvalue weighted by Crippen LogP contribution is -2.28. The van der Waals surface area contributed by atoms with Gasteiger partial charge in [-0.2, -0.15) is 5.10 Å². The van der Waals surface area contributed by atoms with Crippen LogP contribution >= 0.6 is 0 Å². The largest absolute Gasteiger partial charge is 0.382 e. The average Bonchev–Trinajstić information content (AvgIpc) is 2.54. The quantitative estimate of drug-likeness (QED) is 0.812. The molecule has 1 aliphatic heterocycles. The molecule has 1 fully saturated rings. The Morgan fingerprint density at radius 3 is 3.06 bits per heavy atom. The van der Waals surface area contributed by atoms with Gasteiger partial charge in [0.1, 0.15) is 5.82 Å². The minimum atomic E-state index is 0.600. The summed E-state index contributed by atoms with van der Waals surface area (Å²) in [6, 6.07) is 1.83. The highest BCUT2D eigenvalue weighted by molar-refractivity contribution is 5.23. The highest BCUT2D eigenvalue weighted by Crippen LogP contribution is 2.02. The number of ether oxygens (including phenoxy) is 1. The van der Waals surface area contributed by atoms with Crippen molar-refractivity contribution in [1.29, 1.82) is 0 Å². The first-order valence-corrected chi connectivity index (χ1v) is 5.93. The van der Waals surface area contributed by atoms with Crippen molar-refractivity contribution < 1.29 is 4.74 Å². The summed E-state index contributed by atoms with van der Waals surface area (Å²) >= 11 is 0. The second kappa shape index (κ2) is 5.86. The zero-order valence-electron chi connectivity index (χ0n) is 9.64. The van der Waals surface area contributed by atoms with Crippen molar-refractivity contribution in [1.82, 2.24) is 14.7 Å². The summed E-state index contributed by atoms with van der Waals surface area (Å²) in [5.74, 6) is 0.600. The molecule has 0 aliphatic carbocycles. The first-order chi connectivity index (χ1) is 7.84. The van der Waals surface area contributed by atoms with Gasteiger partial charge in [0, 0.05) is 32.4 Å². The Morgan fingerprint density at radius 2 is 2.25 bits per heavy atom. The van der Waals surface area contributed by atoms with E-state index in [2.05, 4.69) is 10.00 Å². The van der Waals surface area contributed by atoms with E-state index in [-0.39, 0.29) is 0 Å². The summed E-state index contributed by atoms with van der Waals surface area (Å²) in [5.41, 5.74) is 5.55. The molecule has 1 aliphatic rings. The highest BCUT2D eigenvalue weighted by Gasteiger charge is 2.08.